The average molecular weight is 251 g/mol. The van der Waals surface area contributed by atoms with Gasteiger partial charge in [0.15, 0.2) is 0 Å². The van der Waals surface area contributed by atoms with Crippen LogP contribution in [0.1, 0.15) is 36.2 Å². The molecule has 18 heavy (non-hydrogen) atoms. The first kappa shape index (κ1) is 14.5. The van der Waals surface area contributed by atoms with Gasteiger partial charge in [0.1, 0.15) is 0 Å². The third-order valence-corrected chi connectivity index (χ3v) is 2.87. The highest BCUT2D eigenvalue weighted by Crippen LogP contribution is 2.24. The first-order valence-corrected chi connectivity index (χ1v) is 6.18. The Bertz CT molecular complexity index is 416. The summed E-state index contributed by atoms with van der Waals surface area (Å²) in [6.07, 6.45) is 0.630. The van der Waals surface area contributed by atoms with Gasteiger partial charge in [0.2, 0.25) is 0 Å². The predicted molar refractivity (Wildman–Crippen MR) is 72.3 cm³/mol. The highest BCUT2D eigenvalue weighted by Gasteiger charge is 2.18. The van der Waals surface area contributed by atoms with Crippen LogP contribution in [0.25, 0.3) is 0 Å². The van der Waals surface area contributed by atoms with Crippen molar-refractivity contribution < 1.29 is 15.0 Å². The molecule has 0 atom stereocenters. The molecule has 1 aromatic carbocycles. The summed E-state index contributed by atoms with van der Waals surface area (Å²) in [7, 11) is 0. The maximum absolute atomic E-state index is 11.3. The molecule has 0 aromatic heterocycles. The monoisotopic (exact) mass is 251 g/mol. The van der Waals surface area contributed by atoms with E-state index in [1.807, 2.05) is 31.7 Å². The highest BCUT2D eigenvalue weighted by atomic mass is 16.4. The first-order valence-electron chi connectivity index (χ1n) is 6.18. The van der Waals surface area contributed by atoms with E-state index in [0.717, 1.165) is 11.3 Å². The number of aryl methyl sites for hydroxylation is 1. The van der Waals surface area contributed by atoms with Crippen molar-refractivity contribution in [2.24, 2.45) is 0 Å². The number of nitrogens with zero attached hydrogens (tertiary/aromatic N) is 1. The van der Waals surface area contributed by atoms with Crippen LogP contribution in [0, 0.1) is 6.92 Å². The van der Waals surface area contributed by atoms with Crippen molar-refractivity contribution >= 4 is 11.7 Å². The van der Waals surface area contributed by atoms with Crippen molar-refractivity contribution in [2.75, 3.05) is 18.1 Å². The van der Waals surface area contributed by atoms with Gasteiger partial charge < -0.3 is 15.1 Å². The second kappa shape index (κ2) is 6.40. The maximum Gasteiger partial charge on any atom is 0.337 e. The minimum absolute atomic E-state index is 0.109. The van der Waals surface area contributed by atoms with Crippen molar-refractivity contribution in [3.8, 4) is 0 Å². The van der Waals surface area contributed by atoms with Crippen LogP contribution in [0.5, 0.6) is 0 Å². The van der Waals surface area contributed by atoms with Gasteiger partial charge in [-0.05, 0) is 44.9 Å². The lowest BCUT2D eigenvalue weighted by Gasteiger charge is -2.30. The Balaban J connectivity index is 3.16. The van der Waals surface area contributed by atoms with Gasteiger partial charge in [0.25, 0.3) is 0 Å². The smallest absolute Gasteiger partial charge is 0.337 e. The van der Waals surface area contributed by atoms with Gasteiger partial charge in [-0.2, -0.15) is 0 Å². The predicted octanol–water partition coefficient (Wildman–Crippen LogP) is 2.29. The van der Waals surface area contributed by atoms with Crippen LogP contribution in [-0.4, -0.2) is 35.4 Å². The van der Waals surface area contributed by atoms with E-state index in [0.29, 0.717) is 18.5 Å². The van der Waals surface area contributed by atoms with E-state index in [-0.39, 0.29) is 12.6 Å². The molecule has 0 aliphatic carbocycles. The highest BCUT2D eigenvalue weighted by molar-refractivity contribution is 5.94. The molecular formula is C14H21NO3. The van der Waals surface area contributed by atoms with Gasteiger partial charge >= 0.3 is 5.97 Å². The number of anilines is 1. The summed E-state index contributed by atoms with van der Waals surface area (Å²) in [6, 6.07) is 5.52. The Morgan fingerprint density at radius 1 is 1.39 bits per heavy atom. The molecule has 0 aliphatic heterocycles. The molecule has 1 rings (SSSR count). The van der Waals surface area contributed by atoms with E-state index in [1.54, 1.807) is 12.1 Å². The van der Waals surface area contributed by atoms with E-state index in [1.165, 1.54) is 0 Å². The number of aliphatic hydroxyl groups excluding tert-OH is 1. The largest absolute Gasteiger partial charge is 0.478 e. The van der Waals surface area contributed by atoms with Crippen molar-refractivity contribution in [1.29, 1.82) is 0 Å². The van der Waals surface area contributed by atoms with Gasteiger partial charge in [0, 0.05) is 19.2 Å². The number of carbonyl (C=O) groups is 1. The van der Waals surface area contributed by atoms with Crippen LogP contribution < -0.4 is 4.90 Å². The molecular weight excluding hydrogens is 230 g/mol. The van der Waals surface area contributed by atoms with Crippen molar-refractivity contribution in [3.05, 3.63) is 29.3 Å². The minimum atomic E-state index is -0.917. The first-order chi connectivity index (χ1) is 8.47. The summed E-state index contributed by atoms with van der Waals surface area (Å²) in [6.45, 7) is 6.74. The Hall–Kier alpha value is -1.55. The van der Waals surface area contributed by atoms with Crippen LogP contribution in [0.15, 0.2) is 18.2 Å². The van der Waals surface area contributed by atoms with E-state index in [9.17, 15) is 9.90 Å². The van der Waals surface area contributed by atoms with Crippen molar-refractivity contribution in [1.82, 2.24) is 0 Å². The quantitative estimate of drug-likeness (QED) is 0.814. The SMILES string of the molecule is Cc1ccc(C(=O)O)c(N(CCCO)C(C)C)c1. The lowest BCUT2D eigenvalue weighted by atomic mass is 10.1. The molecule has 4 nitrogen and oxygen atoms in total. The van der Waals surface area contributed by atoms with Gasteiger partial charge in [-0.1, -0.05) is 6.07 Å². The molecule has 0 radical (unpaired) electrons. The summed E-state index contributed by atoms with van der Waals surface area (Å²) in [5.41, 5.74) is 2.07. The van der Waals surface area contributed by atoms with Crippen LogP contribution in [0.3, 0.4) is 0 Å². The number of carboxylic acid groups (broad SMARTS) is 1. The van der Waals surface area contributed by atoms with Crippen LogP contribution in [0.4, 0.5) is 5.69 Å². The van der Waals surface area contributed by atoms with Crippen LogP contribution >= 0.6 is 0 Å². The summed E-state index contributed by atoms with van der Waals surface area (Å²) >= 11 is 0. The molecule has 0 aliphatic rings. The lowest BCUT2D eigenvalue weighted by molar-refractivity contribution is 0.0697. The third kappa shape index (κ3) is 3.47. The fraction of sp³-hybridized carbons (Fsp3) is 0.500. The molecule has 1 aromatic rings. The van der Waals surface area contributed by atoms with Crippen LogP contribution in [0.2, 0.25) is 0 Å². The fourth-order valence-electron chi connectivity index (χ4n) is 1.96. The second-order valence-electron chi connectivity index (χ2n) is 4.69. The molecule has 0 fully saturated rings. The molecule has 0 saturated carbocycles. The van der Waals surface area contributed by atoms with E-state index in [2.05, 4.69) is 0 Å². The third-order valence-electron chi connectivity index (χ3n) is 2.87. The van der Waals surface area contributed by atoms with E-state index < -0.39 is 5.97 Å². The Morgan fingerprint density at radius 2 is 2.06 bits per heavy atom. The molecule has 0 heterocycles. The summed E-state index contributed by atoms with van der Waals surface area (Å²) in [5.74, 6) is -0.917. The Labute approximate surface area is 108 Å². The molecule has 0 amide bonds. The zero-order chi connectivity index (χ0) is 13.7. The number of hydrogen-bond acceptors (Lipinski definition) is 3. The number of carboxylic acids is 1. The van der Waals surface area contributed by atoms with Crippen LogP contribution in [-0.2, 0) is 0 Å². The summed E-state index contributed by atoms with van der Waals surface area (Å²) < 4.78 is 0. The number of aliphatic hydroxyl groups is 1. The molecule has 2 N–H and O–H groups in total. The topological polar surface area (TPSA) is 60.8 Å². The normalized spacial score (nSPS) is 10.7. The molecule has 0 bridgehead atoms. The summed E-state index contributed by atoms with van der Waals surface area (Å²) in [4.78, 5) is 13.3. The zero-order valence-corrected chi connectivity index (χ0v) is 11.2. The average Bonchev–Trinajstić information content (AvgIpc) is 2.28. The zero-order valence-electron chi connectivity index (χ0n) is 11.2. The number of aromatic carboxylic acids is 1. The number of benzene rings is 1. The fourth-order valence-corrected chi connectivity index (χ4v) is 1.96. The van der Waals surface area contributed by atoms with Gasteiger partial charge in [0.05, 0.1) is 11.3 Å². The standard InChI is InChI=1S/C14H21NO3/c1-10(2)15(7-4-8-16)13-9-11(3)5-6-12(13)14(17)18/h5-6,9-10,16H,4,7-8H2,1-3H3,(H,17,18). The van der Waals surface area contributed by atoms with Crippen molar-refractivity contribution in [3.63, 3.8) is 0 Å². The lowest BCUT2D eigenvalue weighted by Crippen LogP contribution is -2.33. The van der Waals surface area contributed by atoms with Crippen molar-refractivity contribution in [2.45, 2.75) is 33.2 Å². The Morgan fingerprint density at radius 3 is 2.56 bits per heavy atom. The molecule has 0 saturated heterocycles. The number of hydrogen-bond donors (Lipinski definition) is 2. The van der Waals surface area contributed by atoms with E-state index in [4.69, 9.17) is 5.11 Å². The molecule has 0 unspecified atom stereocenters. The minimum Gasteiger partial charge on any atom is -0.478 e. The van der Waals surface area contributed by atoms with Gasteiger partial charge in [-0.3, -0.25) is 0 Å². The molecule has 100 valence electrons. The molecule has 0 spiro atoms. The van der Waals surface area contributed by atoms with E-state index >= 15 is 0 Å². The summed E-state index contributed by atoms with van der Waals surface area (Å²) in [5, 5.41) is 18.2. The Kier molecular flexibility index (Phi) is 5.16. The molecule has 4 heteroatoms. The second-order valence-corrected chi connectivity index (χ2v) is 4.69. The van der Waals surface area contributed by atoms with Gasteiger partial charge in [-0.25, -0.2) is 4.79 Å². The number of rotatable bonds is 6. The van der Waals surface area contributed by atoms with Gasteiger partial charge in [-0.15, -0.1) is 0 Å². The maximum atomic E-state index is 11.3.